The van der Waals surface area contributed by atoms with E-state index in [0.717, 1.165) is 11.1 Å². The second-order valence-corrected chi connectivity index (χ2v) is 5.57. The van der Waals surface area contributed by atoms with Crippen molar-refractivity contribution in [2.75, 3.05) is 13.2 Å². The summed E-state index contributed by atoms with van der Waals surface area (Å²) < 4.78 is 9.71. The predicted molar refractivity (Wildman–Crippen MR) is 93.2 cm³/mol. The Balaban J connectivity index is 1.71. The van der Waals surface area contributed by atoms with E-state index in [1.165, 1.54) is 34.1 Å². The van der Waals surface area contributed by atoms with E-state index in [4.69, 9.17) is 4.74 Å². The van der Waals surface area contributed by atoms with E-state index in [1.807, 2.05) is 24.3 Å². The van der Waals surface area contributed by atoms with Gasteiger partial charge in [0.2, 0.25) is 0 Å². The number of rotatable bonds is 4. The summed E-state index contributed by atoms with van der Waals surface area (Å²) in [5, 5.41) is 2.36. The molecule has 23 heavy (non-hydrogen) atoms. The highest BCUT2D eigenvalue weighted by Crippen LogP contribution is 2.44. The van der Waals surface area contributed by atoms with Gasteiger partial charge in [-0.2, -0.15) is 0 Å². The summed E-state index contributed by atoms with van der Waals surface area (Å²) in [4.78, 5) is 22.7. The SMILES string of the molecule is O=C(CNC(=O)OCC1c2ccccc2-c2ccccc21)OI. The standard InChI is InChI=1S/C17H14INO4/c18-23-16(20)9-19-17(21)22-10-15-13-7-3-1-5-11(13)12-6-2-4-8-14(12)15/h1-8,15H,9-10H2,(H,19,21). The van der Waals surface area contributed by atoms with Crippen LogP contribution in [0.25, 0.3) is 11.1 Å². The van der Waals surface area contributed by atoms with E-state index < -0.39 is 12.1 Å². The first-order chi connectivity index (χ1) is 11.2. The Hall–Kier alpha value is -2.09. The minimum absolute atomic E-state index is 0.00433. The zero-order valence-corrected chi connectivity index (χ0v) is 14.3. The van der Waals surface area contributed by atoms with Crippen LogP contribution >= 0.6 is 23.0 Å². The smallest absolute Gasteiger partial charge is 0.407 e. The minimum Gasteiger partial charge on any atom is -0.449 e. The number of benzene rings is 2. The molecule has 1 N–H and O–H groups in total. The summed E-state index contributed by atoms with van der Waals surface area (Å²) in [5.74, 6) is -0.524. The maximum absolute atomic E-state index is 11.7. The fourth-order valence-corrected chi connectivity index (χ4v) is 2.98. The molecule has 0 saturated heterocycles. The van der Waals surface area contributed by atoms with Crippen LogP contribution in [0.3, 0.4) is 0 Å². The monoisotopic (exact) mass is 423 g/mol. The number of fused-ring (bicyclic) bond motifs is 3. The number of ether oxygens (including phenoxy) is 1. The quantitative estimate of drug-likeness (QED) is 0.766. The molecule has 1 aliphatic rings. The van der Waals surface area contributed by atoms with E-state index >= 15 is 0 Å². The van der Waals surface area contributed by atoms with Crippen molar-refractivity contribution in [2.24, 2.45) is 0 Å². The number of halogens is 1. The zero-order valence-electron chi connectivity index (χ0n) is 12.1. The van der Waals surface area contributed by atoms with Crippen LogP contribution in [0.4, 0.5) is 4.79 Å². The lowest BCUT2D eigenvalue weighted by Gasteiger charge is -2.14. The van der Waals surface area contributed by atoms with Crippen molar-refractivity contribution >= 4 is 35.1 Å². The number of hydrogen-bond acceptors (Lipinski definition) is 4. The molecular weight excluding hydrogens is 409 g/mol. The Kier molecular flexibility index (Phi) is 4.80. The molecule has 0 fully saturated rings. The molecule has 1 amide bonds. The molecule has 0 spiro atoms. The van der Waals surface area contributed by atoms with Crippen molar-refractivity contribution in [3.05, 3.63) is 59.7 Å². The highest BCUT2D eigenvalue weighted by molar-refractivity contribution is 14.1. The van der Waals surface area contributed by atoms with Crippen LogP contribution in [0.5, 0.6) is 0 Å². The van der Waals surface area contributed by atoms with Gasteiger partial charge in [-0.15, -0.1) is 0 Å². The highest BCUT2D eigenvalue weighted by atomic mass is 127. The average molecular weight is 423 g/mol. The van der Waals surface area contributed by atoms with Gasteiger partial charge in [-0.05, 0) is 22.3 Å². The summed E-state index contributed by atoms with van der Waals surface area (Å²) in [7, 11) is 0. The number of alkyl carbamates (subject to hydrolysis) is 1. The van der Waals surface area contributed by atoms with Crippen LogP contribution in [-0.4, -0.2) is 25.2 Å². The van der Waals surface area contributed by atoms with E-state index in [0.29, 0.717) is 0 Å². The molecule has 0 atom stereocenters. The van der Waals surface area contributed by atoms with Crippen molar-refractivity contribution in [2.45, 2.75) is 5.92 Å². The fraction of sp³-hybridized carbons (Fsp3) is 0.176. The summed E-state index contributed by atoms with van der Waals surface area (Å²) in [6.07, 6.45) is -0.631. The first kappa shape index (κ1) is 15.8. The van der Waals surface area contributed by atoms with Gasteiger partial charge >= 0.3 is 12.1 Å². The Morgan fingerprint density at radius 3 is 2.13 bits per heavy atom. The molecule has 0 heterocycles. The highest BCUT2D eigenvalue weighted by Gasteiger charge is 2.28. The molecule has 2 aromatic carbocycles. The summed E-state index contributed by atoms with van der Waals surface area (Å²) in [6, 6.07) is 16.2. The van der Waals surface area contributed by atoms with Gasteiger partial charge in [-0.25, -0.2) is 9.59 Å². The summed E-state index contributed by atoms with van der Waals surface area (Å²) in [6.45, 7) is 0.0127. The van der Waals surface area contributed by atoms with Crippen LogP contribution in [0.15, 0.2) is 48.5 Å². The van der Waals surface area contributed by atoms with Gasteiger partial charge in [0.1, 0.15) is 13.2 Å². The van der Waals surface area contributed by atoms with Crippen molar-refractivity contribution in [1.82, 2.24) is 5.32 Å². The van der Waals surface area contributed by atoms with Crippen LogP contribution in [0, 0.1) is 0 Å². The first-order valence-electron chi connectivity index (χ1n) is 7.11. The van der Waals surface area contributed by atoms with Gasteiger partial charge in [0, 0.05) is 5.92 Å². The molecule has 0 unspecified atom stereocenters. The molecular formula is C17H14INO4. The average Bonchev–Trinajstić information content (AvgIpc) is 2.92. The van der Waals surface area contributed by atoms with Gasteiger partial charge in [0.25, 0.3) is 0 Å². The van der Waals surface area contributed by atoms with Crippen LogP contribution in [-0.2, 0) is 12.6 Å². The van der Waals surface area contributed by atoms with Crippen molar-refractivity contribution in [3.63, 3.8) is 0 Å². The Bertz CT molecular complexity index is 701. The van der Waals surface area contributed by atoms with Crippen molar-refractivity contribution < 1.29 is 17.4 Å². The summed E-state index contributed by atoms with van der Waals surface area (Å²) in [5.41, 5.74) is 4.64. The Labute approximate surface area is 147 Å². The molecule has 1 aliphatic carbocycles. The number of carbonyl (C=O) groups excluding carboxylic acids is 2. The second-order valence-electron chi connectivity index (χ2n) is 5.13. The van der Waals surface area contributed by atoms with Crippen LogP contribution in [0.1, 0.15) is 17.0 Å². The lowest BCUT2D eigenvalue weighted by molar-refractivity contribution is -0.130. The van der Waals surface area contributed by atoms with E-state index in [-0.39, 0.29) is 19.1 Å². The van der Waals surface area contributed by atoms with Crippen LogP contribution < -0.4 is 5.32 Å². The largest absolute Gasteiger partial charge is 0.449 e. The van der Waals surface area contributed by atoms with E-state index in [1.54, 1.807) is 0 Å². The maximum Gasteiger partial charge on any atom is 0.407 e. The maximum atomic E-state index is 11.7. The molecule has 0 radical (unpaired) electrons. The topological polar surface area (TPSA) is 64.6 Å². The number of amides is 1. The molecule has 3 rings (SSSR count). The van der Waals surface area contributed by atoms with E-state index in [9.17, 15) is 9.59 Å². The molecule has 2 aromatic rings. The lowest BCUT2D eigenvalue weighted by Crippen LogP contribution is -2.31. The molecule has 118 valence electrons. The third-order valence-electron chi connectivity index (χ3n) is 3.81. The molecule has 6 heteroatoms. The number of nitrogens with one attached hydrogen (secondary N) is 1. The van der Waals surface area contributed by atoms with Crippen LogP contribution in [0.2, 0.25) is 0 Å². The molecule has 0 aliphatic heterocycles. The normalized spacial score (nSPS) is 12.2. The lowest BCUT2D eigenvalue weighted by atomic mass is 9.98. The number of hydrogen-bond donors (Lipinski definition) is 1. The Morgan fingerprint density at radius 1 is 1.00 bits per heavy atom. The summed E-state index contributed by atoms with van der Waals surface area (Å²) >= 11 is 1.47. The fourth-order valence-electron chi connectivity index (χ4n) is 2.82. The third kappa shape index (κ3) is 3.31. The zero-order chi connectivity index (χ0) is 16.2. The van der Waals surface area contributed by atoms with Crippen molar-refractivity contribution in [3.8, 4) is 11.1 Å². The number of carbonyl (C=O) groups is 2. The third-order valence-corrected chi connectivity index (χ3v) is 4.30. The predicted octanol–water partition coefficient (Wildman–Crippen LogP) is 3.42. The van der Waals surface area contributed by atoms with Gasteiger partial charge < -0.3 is 13.1 Å². The minimum atomic E-state index is -0.631. The Morgan fingerprint density at radius 2 is 1.57 bits per heavy atom. The van der Waals surface area contributed by atoms with Gasteiger partial charge in [0.05, 0.1) is 0 Å². The van der Waals surface area contributed by atoms with Gasteiger partial charge in [0.15, 0.2) is 23.0 Å². The molecule has 5 nitrogen and oxygen atoms in total. The molecule has 0 bridgehead atoms. The van der Waals surface area contributed by atoms with E-state index in [2.05, 4.69) is 32.6 Å². The molecule has 0 saturated carbocycles. The van der Waals surface area contributed by atoms with Crippen molar-refractivity contribution in [1.29, 1.82) is 0 Å². The van der Waals surface area contributed by atoms with Gasteiger partial charge in [-0.1, -0.05) is 48.5 Å². The second kappa shape index (κ2) is 6.99. The first-order valence-corrected chi connectivity index (χ1v) is 7.99. The van der Waals surface area contributed by atoms with Gasteiger partial charge in [-0.3, -0.25) is 0 Å². The molecule has 0 aromatic heterocycles.